The highest BCUT2D eigenvalue weighted by Crippen LogP contribution is 2.10. The van der Waals surface area contributed by atoms with Crippen LogP contribution in [0.3, 0.4) is 0 Å². The standard InChI is InChI=1S/C11H17ClN2O/c1-2-14(6-3-7-15)9-11-8-10(12)4-5-13-11/h4-5,8,15H,2-3,6-7,9H2,1H3. The van der Waals surface area contributed by atoms with Crippen LogP contribution in [0.25, 0.3) is 0 Å². The first kappa shape index (κ1) is 12.4. The molecule has 1 N–H and O–H groups in total. The second kappa shape index (κ2) is 6.77. The van der Waals surface area contributed by atoms with Crippen molar-refractivity contribution in [3.63, 3.8) is 0 Å². The van der Waals surface area contributed by atoms with E-state index in [1.807, 2.05) is 6.07 Å². The number of hydrogen-bond donors (Lipinski definition) is 1. The van der Waals surface area contributed by atoms with Crippen molar-refractivity contribution in [2.24, 2.45) is 0 Å². The van der Waals surface area contributed by atoms with Gasteiger partial charge in [-0.2, -0.15) is 0 Å². The zero-order valence-electron chi connectivity index (χ0n) is 8.99. The fraction of sp³-hybridized carbons (Fsp3) is 0.545. The van der Waals surface area contributed by atoms with Crippen molar-refractivity contribution >= 4 is 11.6 Å². The van der Waals surface area contributed by atoms with Crippen molar-refractivity contribution in [2.45, 2.75) is 19.9 Å². The maximum Gasteiger partial charge on any atom is 0.0558 e. The molecule has 0 aromatic carbocycles. The van der Waals surface area contributed by atoms with E-state index in [1.54, 1.807) is 12.3 Å². The molecule has 15 heavy (non-hydrogen) atoms. The van der Waals surface area contributed by atoms with Gasteiger partial charge in [0.1, 0.15) is 0 Å². The lowest BCUT2D eigenvalue weighted by molar-refractivity contribution is 0.224. The number of aliphatic hydroxyl groups is 1. The lowest BCUT2D eigenvalue weighted by Crippen LogP contribution is -2.25. The average molecular weight is 229 g/mol. The number of rotatable bonds is 6. The highest BCUT2D eigenvalue weighted by Gasteiger charge is 2.04. The van der Waals surface area contributed by atoms with Gasteiger partial charge in [-0.05, 0) is 25.1 Å². The number of aromatic nitrogens is 1. The van der Waals surface area contributed by atoms with Crippen molar-refractivity contribution in [2.75, 3.05) is 19.7 Å². The molecular formula is C11H17ClN2O. The van der Waals surface area contributed by atoms with E-state index in [0.29, 0.717) is 0 Å². The van der Waals surface area contributed by atoms with E-state index in [2.05, 4.69) is 16.8 Å². The van der Waals surface area contributed by atoms with Crippen LogP contribution in [-0.2, 0) is 6.54 Å². The van der Waals surface area contributed by atoms with Crippen LogP contribution in [0.4, 0.5) is 0 Å². The first-order chi connectivity index (χ1) is 7.26. The second-order valence-corrected chi connectivity index (χ2v) is 3.85. The minimum absolute atomic E-state index is 0.236. The van der Waals surface area contributed by atoms with Crippen LogP contribution in [0.5, 0.6) is 0 Å². The molecule has 4 heteroatoms. The van der Waals surface area contributed by atoms with Crippen molar-refractivity contribution in [3.8, 4) is 0 Å². The molecule has 1 aromatic heterocycles. The van der Waals surface area contributed by atoms with Crippen LogP contribution in [0.2, 0.25) is 5.02 Å². The van der Waals surface area contributed by atoms with Gasteiger partial charge in [0, 0.05) is 30.9 Å². The maximum atomic E-state index is 8.76. The summed E-state index contributed by atoms with van der Waals surface area (Å²) in [7, 11) is 0. The van der Waals surface area contributed by atoms with Gasteiger partial charge < -0.3 is 5.11 Å². The van der Waals surface area contributed by atoms with Crippen molar-refractivity contribution in [1.29, 1.82) is 0 Å². The minimum Gasteiger partial charge on any atom is -0.396 e. The summed E-state index contributed by atoms with van der Waals surface area (Å²) >= 11 is 5.88. The first-order valence-corrected chi connectivity index (χ1v) is 5.57. The second-order valence-electron chi connectivity index (χ2n) is 3.41. The Hall–Kier alpha value is -0.640. The van der Waals surface area contributed by atoms with Crippen molar-refractivity contribution in [1.82, 2.24) is 9.88 Å². The lowest BCUT2D eigenvalue weighted by atomic mass is 10.3. The molecule has 0 saturated heterocycles. The Morgan fingerprint density at radius 1 is 1.53 bits per heavy atom. The van der Waals surface area contributed by atoms with Crippen LogP contribution < -0.4 is 0 Å². The first-order valence-electron chi connectivity index (χ1n) is 5.20. The average Bonchev–Trinajstić information content (AvgIpc) is 2.24. The summed E-state index contributed by atoms with van der Waals surface area (Å²) in [5.74, 6) is 0. The quantitative estimate of drug-likeness (QED) is 0.809. The fourth-order valence-corrected chi connectivity index (χ4v) is 1.59. The van der Waals surface area contributed by atoms with Gasteiger partial charge >= 0.3 is 0 Å². The third-order valence-corrected chi connectivity index (χ3v) is 2.48. The summed E-state index contributed by atoms with van der Waals surface area (Å²) in [5.41, 5.74) is 0.974. The molecule has 0 aliphatic heterocycles. The van der Waals surface area contributed by atoms with Gasteiger partial charge in [0.25, 0.3) is 0 Å². The van der Waals surface area contributed by atoms with Crippen molar-refractivity contribution in [3.05, 3.63) is 29.0 Å². The molecule has 0 bridgehead atoms. The zero-order valence-corrected chi connectivity index (χ0v) is 9.74. The van der Waals surface area contributed by atoms with Crippen LogP contribution in [0, 0.1) is 0 Å². The summed E-state index contributed by atoms with van der Waals surface area (Å²) in [4.78, 5) is 6.48. The Labute approximate surface area is 95.7 Å². The summed E-state index contributed by atoms with van der Waals surface area (Å²) < 4.78 is 0. The van der Waals surface area contributed by atoms with Gasteiger partial charge in [-0.25, -0.2) is 0 Å². The Kier molecular flexibility index (Phi) is 5.61. The predicted molar refractivity (Wildman–Crippen MR) is 61.9 cm³/mol. The van der Waals surface area contributed by atoms with Crippen LogP contribution in [0.1, 0.15) is 19.0 Å². The number of halogens is 1. The molecule has 84 valence electrons. The Morgan fingerprint density at radius 3 is 2.93 bits per heavy atom. The molecule has 0 aliphatic carbocycles. The van der Waals surface area contributed by atoms with Crippen LogP contribution in [-0.4, -0.2) is 34.7 Å². The Balaban J connectivity index is 2.50. The third-order valence-electron chi connectivity index (χ3n) is 2.24. The predicted octanol–water partition coefficient (Wildman–Crippen LogP) is 1.94. The molecule has 0 fully saturated rings. The van der Waals surface area contributed by atoms with Gasteiger partial charge in [-0.15, -0.1) is 0 Å². The normalized spacial score (nSPS) is 10.9. The molecule has 0 aliphatic rings. The molecule has 0 amide bonds. The molecule has 1 aromatic rings. The molecule has 1 heterocycles. The highest BCUT2D eigenvalue weighted by molar-refractivity contribution is 6.30. The van der Waals surface area contributed by atoms with Gasteiger partial charge in [0.2, 0.25) is 0 Å². The van der Waals surface area contributed by atoms with Gasteiger partial charge in [0.05, 0.1) is 5.69 Å². The Morgan fingerprint density at radius 2 is 2.33 bits per heavy atom. The smallest absolute Gasteiger partial charge is 0.0558 e. The zero-order chi connectivity index (χ0) is 11.1. The van der Waals surface area contributed by atoms with E-state index in [0.717, 1.165) is 36.8 Å². The molecule has 3 nitrogen and oxygen atoms in total. The van der Waals surface area contributed by atoms with E-state index >= 15 is 0 Å². The number of hydrogen-bond acceptors (Lipinski definition) is 3. The number of aliphatic hydroxyl groups excluding tert-OH is 1. The molecule has 0 atom stereocenters. The maximum absolute atomic E-state index is 8.76. The van der Waals surface area contributed by atoms with Gasteiger partial charge in [0.15, 0.2) is 0 Å². The number of pyridine rings is 1. The summed E-state index contributed by atoms with van der Waals surface area (Å²) in [6.45, 7) is 4.97. The summed E-state index contributed by atoms with van der Waals surface area (Å²) in [6, 6.07) is 3.65. The van der Waals surface area contributed by atoms with Crippen molar-refractivity contribution < 1.29 is 5.11 Å². The van der Waals surface area contributed by atoms with Gasteiger partial charge in [-0.1, -0.05) is 18.5 Å². The van der Waals surface area contributed by atoms with Gasteiger partial charge in [-0.3, -0.25) is 9.88 Å². The van der Waals surface area contributed by atoms with E-state index in [-0.39, 0.29) is 6.61 Å². The third kappa shape index (κ3) is 4.60. The Bertz CT molecular complexity index is 294. The van der Waals surface area contributed by atoms with E-state index in [4.69, 9.17) is 16.7 Å². The molecule has 0 unspecified atom stereocenters. The monoisotopic (exact) mass is 228 g/mol. The lowest BCUT2D eigenvalue weighted by Gasteiger charge is -2.19. The summed E-state index contributed by atoms with van der Waals surface area (Å²) in [6.07, 6.45) is 2.52. The molecular weight excluding hydrogens is 212 g/mol. The van der Waals surface area contributed by atoms with Crippen LogP contribution >= 0.6 is 11.6 Å². The largest absolute Gasteiger partial charge is 0.396 e. The SMILES string of the molecule is CCN(CCCO)Cc1cc(Cl)ccn1. The van der Waals surface area contributed by atoms with Crippen LogP contribution in [0.15, 0.2) is 18.3 Å². The summed E-state index contributed by atoms with van der Waals surface area (Å²) in [5, 5.41) is 9.48. The van der Waals surface area contributed by atoms with E-state index < -0.39 is 0 Å². The molecule has 0 radical (unpaired) electrons. The fourth-order valence-electron chi connectivity index (χ4n) is 1.41. The minimum atomic E-state index is 0.236. The highest BCUT2D eigenvalue weighted by atomic mass is 35.5. The van der Waals surface area contributed by atoms with E-state index in [1.165, 1.54) is 0 Å². The van der Waals surface area contributed by atoms with E-state index in [9.17, 15) is 0 Å². The number of nitrogens with zero attached hydrogens (tertiary/aromatic N) is 2. The topological polar surface area (TPSA) is 36.4 Å². The molecule has 1 rings (SSSR count). The molecule has 0 saturated carbocycles. The molecule has 0 spiro atoms.